The first kappa shape index (κ1) is 19.0. The minimum Gasteiger partial charge on any atom is -0.434 e. The third kappa shape index (κ3) is 4.30. The fraction of sp³-hybridized carbons (Fsp3) is 0.235. The van der Waals surface area contributed by atoms with Gasteiger partial charge in [-0.05, 0) is 29.8 Å². The van der Waals surface area contributed by atoms with Crippen molar-refractivity contribution in [2.24, 2.45) is 0 Å². The number of benzene rings is 1. The fourth-order valence-corrected chi connectivity index (χ4v) is 2.67. The minimum atomic E-state index is -3.12. The summed E-state index contributed by atoms with van der Waals surface area (Å²) in [6, 6.07) is 7.30. The topological polar surface area (TPSA) is 80.3 Å². The molecule has 1 aliphatic rings. The Morgan fingerprint density at radius 1 is 1.26 bits per heavy atom. The van der Waals surface area contributed by atoms with Crippen LogP contribution in [0.25, 0.3) is 0 Å². The van der Waals surface area contributed by atoms with E-state index in [1.54, 1.807) is 24.3 Å². The van der Waals surface area contributed by atoms with Crippen LogP contribution in [0.2, 0.25) is 5.02 Å². The van der Waals surface area contributed by atoms with Crippen LogP contribution < -0.4 is 10.6 Å². The summed E-state index contributed by atoms with van der Waals surface area (Å²) in [5.74, 6) is -1.80. The molecule has 6 nitrogen and oxygen atoms in total. The van der Waals surface area contributed by atoms with E-state index in [4.69, 9.17) is 16.3 Å². The number of carbonyl (C=O) groups is 2. The minimum absolute atomic E-state index is 0.000319. The number of pyridine rings is 1. The Bertz CT molecular complexity index is 864. The number of halogens is 4. The molecule has 1 aromatic carbocycles. The van der Waals surface area contributed by atoms with Crippen molar-refractivity contribution < 1.29 is 27.5 Å². The zero-order valence-electron chi connectivity index (χ0n) is 13.6. The molecule has 0 spiro atoms. The molecule has 0 bridgehead atoms. The van der Waals surface area contributed by atoms with Gasteiger partial charge in [0.1, 0.15) is 5.69 Å². The predicted octanol–water partition coefficient (Wildman–Crippen LogP) is 3.13. The Labute approximate surface area is 156 Å². The number of ether oxygens (including phenoxy) is 1. The standard InChI is InChI=1S/C17H13ClF3N3O3/c18-9-3-1-8(2-4-9)13(24-16(25)12-7-22-17(26)27-12)11-6-5-10(19)14(23-11)15(20)21/h1-6,12-13,15H,7H2,(H,22,26)(H,24,25). The predicted molar refractivity (Wildman–Crippen MR) is 88.9 cm³/mol. The normalized spacial score (nSPS) is 17.4. The highest BCUT2D eigenvalue weighted by molar-refractivity contribution is 6.30. The van der Waals surface area contributed by atoms with Gasteiger partial charge in [-0.25, -0.2) is 22.9 Å². The lowest BCUT2D eigenvalue weighted by Crippen LogP contribution is -2.39. The largest absolute Gasteiger partial charge is 0.434 e. The molecular formula is C17H13ClF3N3O3. The average molecular weight is 400 g/mol. The highest BCUT2D eigenvalue weighted by Gasteiger charge is 2.32. The van der Waals surface area contributed by atoms with Gasteiger partial charge < -0.3 is 15.4 Å². The first-order chi connectivity index (χ1) is 12.8. The van der Waals surface area contributed by atoms with E-state index in [1.807, 2.05) is 0 Å². The number of hydrogen-bond acceptors (Lipinski definition) is 4. The van der Waals surface area contributed by atoms with Gasteiger partial charge in [-0.2, -0.15) is 0 Å². The van der Waals surface area contributed by atoms with Crippen LogP contribution in [-0.2, 0) is 9.53 Å². The number of amides is 2. The van der Waals surface area contributed by atoms with E-state index >= 15 is 0 Å². The number of hydrogen-bond donors (Lipinski definition) is 2. The number of cyclic esters (lactones) is 1. The maximum absolute atomic E-state index is 13.6. The molecular weight excluding hydrogens is 387 g/mol. The van der Waals surface area contributed by atoms with Crippen LogP contribution in [0.3, 0.4) is 0 Å². The van der Waals surface area contributed by atoms with Crippen molar-refractivity contribution in [1.82, 2.24) is 15.6 Å². The molecule has 10 heteroatoms. The molecule has 2 unspecified atom stereocenters. The quantitative estimate of drug-likeness (QED) is 0.809. The van der Waals surface area contributed by atoms with Gasteiger partial charge in [-0.3, -0.25) is 4.79 Å². The van der Waals surface area contributed by atoms with E-state index in [0.29, 0.717) is 10.6 Å². The lowest BCUT2D eigenvalue weighted by atomic mass is 10.0. The van der Waals surface area contributed by atoms with Crippen molar-refractivity contribution in [2.45, 2.75) is 18.6 Å². The number of alkyl halides is 2. The number of aromatic nitrogens is 1. The van der Waals surface area contributed by atoms with Crippen molar-refractivity contribution >= 4 is 23.6 Å². The van der Waals surface area contributed by atoms with Gasteiger partial charge in [0.2, 0.25) is 0 Å². The van der Waals surface area contributed by atoms with Crippen molar-refractivity contribution in [3.63, 3.8) is 0 Å². The lowest BCUT2D eigenvalue weighted by molar-refractivity contribution is -0.128. The Balaban J connectivity index is 1.95. The van der Waals surface area contributed by atoms with Gasteiger partial charge >= 0.3 is 6.09 Å². The number of rotatable bonds is 5. The molecule has 2 aromatic rings. The Morgan fingerprint density at radius 3 is 2.56 bits per heavy atom. The third-order valence-corrected chi connectivity index (χ3v) is 4.11. The molecule has 27 heavy (non-hydrogen) atoms. The molecule has 1 fully saturated rings. The van der Waals surface area contributed by atoms with E-state index < -0.39 is 42.1 Å². The number of carbonyl (C=O) groups excluding carboxylic acids is 2. The smallest absolute Gasteiger partial charge is 0.408 e. The molecule has 2 heterocycles. The molecule has 2 amide bonds. The van der Waals surface area contributed by atoms with Gasteiger partial charge in [0.25, 0.3) is 12.3 Å². The first-order valence-electron chi connectivity index (χ1n) is 7.80. The van der Waals surface area contributed by atoms with Crippen LogP contribution in [0.1, 0.15) is 29.4 Å². The van der Waals surface area contributed by atoms with Gasteiger partial charge in [0.15, 0.2) is 11.9 Å². The third-order valence-electron chi connectivity index (χ3n) is 3.86. The fourth-order valence-electron chi connectivity index (χ4n) is 2.54. The highest BCUT2D eigenvalue weighted by atomic mass is 35.5. The molecule has 2 N–H and O–H groups in total. The molecule has 142 valence electrons. The zero-order valence-corrected chi connectivity index (χ0v) is 14.3. The van der Waals surface area contributed by atoms with Gasteiger partial charge in [-0.1, -0.05) is 23.7 Å². The summed E-state index contributed by atoms with van der Waals surface area (Å²) >= 11 is 5.86. The zero-order chi connectivity index (χ0) is 19.6. The number of nitrogens with zero attached hydrogens (tertiary/aromatic N) is 1. The highest BCUT2D eigenvalue weighted by Crippen LogP contribution is 2.26. The van der Waals surface area contributed by atoms with Crippen LogP contribution >= 0.6 is 11.6 Å². The van der Waals surface area contributed by atoms with Gasteiger partial charge in [0, 0.05) is 5.02 Å². The summed E-state index contributed by atoms with van der Waals surface area (Å²) in [5, 5.41) is 5.36. The van der Waals surface area contributed by atoms with Crippen LogP contribution in [-0.4, -0.2) is 29.6 Å². The van der Waals surface area contributed by atoms with E-state index in [-0.39, 0.29) is 12.2 Å². The van der Waals surface area contributed by atoms with Gasteiger partial charge in [0.05, 0.1) is 18.3 Å². The molecule has 1 aromatic heterocycles. The first-order valence-corrected chi connectivity index (χ1v) is 8.17. The van der Waals surface area contributed by atoms with Crippen molar-refractivity contribution in [3.8, 4) is 0 Å². The monoisotopic (exact) mass is 399 g/mol. The van der Waals surface area contributed by atoms with Crippen molar-refractivity contribution in [2.75, 3.05) is 6.54 Å². The van der Waals surface area contributed by atoms with E-state index in [0.717, 1.165) is 6.07 Å². The summed E-state index contributed by atoms with van der Waals surface area (Å²) < 4.78 is 44.4. The summed E-state index contributed by atoms with van der Waals surface area (Å²) in [5.41, 5.74) is -0.543. The molecule has 3 rings (SSSR count). The van der Waals surface area contributed by atoms with Crippen molar-refractivity contribution in [3.05, 3.63) is 64.2 Å². The molecule has 0 aliphatic carbocycles. The van der Waals surface area contributed by atoms with E-state index in [9.17, 15) is 22.8 Å². The lowest BCUT2D eigenvalue weighted by Gasteiger charge is -2.21. The van der Waals surface area contributed by atoms with Crippen LogP contribution in [0.15, 0.2) is 36.4 Å². The second kappa shape index (κ2) is 7.83. The average Bonchev–Trinajstić information content (AvgIpc) is 3.07. The van der Waals surface area contributed by atoms with Crippen molar-refractivity contribution in [1.29, 1.82) is 0 Å². The summed E-state index contributed by atoms with van der Waals surface area (Å²) in [4.78, 5) is 27.2. The maximum Gasteiger partial charge on any atom is 0.408 e. The summed E-state index contributed by atoms with van der Waals surface area (Å²) in [6.45, 7) is -0.0306. The van der Waals surface area contributed by atoms with E-state index in [2.05, 4.69) is 15.6 Å². The van der Waals surface area contributed by atoms with E-state index in [1.165, 1.54) is 6.07 Å². The molecule has 0 saturated carbocycles. The number of nitrogens with one attached hydrogen (secondary N) is 2. The Hall–Kier alpha value is -2.81. The second-order valence-corrected chi connectivity index (χ2v) is 6.11. The number of alkyl carbamates (subject to hydrolysis) is 1. The second-order valence-electron chi connectivity index (χ2n) is 5.67. The Kier molecular flexibility index (Phi) is 5.50. The molecule has 2 atom stereocenters. The van der Waals surface area contributed by atoms with Crippen LogP contribution in [0.4, 0.5) is 18.0 Å². The van der Waals surface area contributed by atoms with Crippen LogP contribution in [0, 0.1) is 5.82 Å². The summed E-state index contributed by atoms with van der Waals surface area (Å²) in [6.07, 6.45) is -4.94. The molecule has 1 aliphatic heterocycles. The SMILES string of the molecule is O=C1NCC(C(=O)NC(c2ccc(Cl)cc2)c2ccc(F)c(C(F)F)n2)O1. The summed E-state index contributed by atoms with van der Waals surface area (Å²) in [7, 11) is 0. The van der Waals surface area contributed by atoms with Crippen LogP contribution in [0.5, 0.6) is 0 Å². The Morgan fingerprint density at radius 2 is 1.96 bits per heavy atom. The molecule has 0 radical (unpaired) electrons. The maximum atomic E-state index is 13.6. The molecule has 1 saturated heterocycles. The van der Waals surface area contributed by atoms with Gasteiger partial charge in [-0.15, -0.1) is 0 Å².